The Labute approximate surface area is 187 Å². The molecule has 0 bridgehead atoms. The minimum absolute atomic E-state index is 0.0900. The van der Waals surface area contributed by atoms with Crippen molar-refractivity contribution < 1.29 is 24.3 Å². The van der Waals surface area contributed by atoms with Crippen LogP contribution in [-0.4, -0.2) is 57.3 Å². The third kappa shape index (κ3) is 4.01. The van der Waals surface area contributed by atoms with Crippen molar-refractivity contribution in [3.05, 3.63) is 41.0 Å². The molecule has 3 heterocycles. The van der Waals surface area contributed by atoms with Gasteiger partial charge >= 0.3 is 6.09 Å². The molecule has 0 radical (unpaired) electrons. The van der Waals surface area contributed by atoms with Gasteiger partial charge in [0.25, 0.3) is 5.91 Å². The monoisotopic (exact) mass is 439 g/mol. The zero-order valence-electron chi connectivity index (χ0n) is 18.7. The average molecular weight is 440 g/mol. The van der Waals surface area contributed by atoms with Crippen molar-refractivity contribution in [3.8, 4) is 0 Å². The molecule has 2 N–H and O–H groups in total. The maximum Gasteiger partial charge on any atom is 0.407 e. The summed E-state index contributed by atoms with van der Waals surface area (Å²) in [4.78, 5) is 51.5. The minimum atomic E-state index is -0.915. The molecule has 0 saturated carbocycles. The molecule has 1 aromatic rings. The van der Waals surface area contributed by atoms with Crippen LogP contribution in [0.25, 0.3) is 5.57 Å². The Morgan fingerprint density at radius 2 is 1.88 bits per heavy atom. The molecule has 0 aromatic heterocycles. The van der Waals surface area contributed by atoms with Crippen LogP contribution in [0.15, 0.2) is 24.3 Å². The summed E-state index contributed by atoms with van der Waals surface area (Å²) in [5.41, 5.74) is 3.30. The van der Waals surface area contributed by atoms with Crippen LogP contribution in [-0.2, 0) is 16.1 Å². The van der Waals surface area contributed by atoms with Crippen LogP contribution in [0.5, 0.6) is 0 Å². The summed E-state index contributed by atoms with van der Waals surface area (Å²) >= 11 is 0. The van der Waals surface area contributed by atoms with E-state index in [0.29, 0.717) is 25.1 Å². The Balaban J connectivity index is 1.56. The number of allylic oxidation sites excluding steroid dienone is 1. The number of nitrogens with one attached hydrogen (secondary N) is 1. The van der Waals surface area contributed by atoms with Gasteiger partial charge in [-0.1, -0.05) is 32.9 Å². The minimum Gasteiger partial charge on any atom is -0.465 e. The second kappa shape index (κ2) is 8.07. The molecule has 2 atom stereocenters. The van der Waals surface area contributed by atoms with Gasteiger partial charge in [0.05, 0.1) is 0 Å². The second-order valence-corrected chi connectivity index (χ2v) is 9.86. The van der Waals surface area contributed by atoms with Gasteiger partial charge < -0.3 is 14.9 Å². The molecule has 32 heavy (non-hydrogen) atoms. The zero-order valence-corrected chi connectivity index (χ0v) is 18.7. The van der Waals surface area contributed by atoms with E-state index >= 15 is 0 Å². The molecule has 3 aliphatic rings. The van der Waals surface area contributed by atoms with Gasteiger partial charge in [0.15, 0.2) is 0 Å². The third-order valence-corrected chi connectivity index (χ3v) is 6.74. The van der Waals surface area contributed by atoms with Crippen LogP contribution in [0.1, 0.15) is 67.9 Å². The number of amides is 4. The van der Waals surface area contributed by atoms with Crippen molar-refractivity contribution >= 4 is 29.4 Å². The van der Waals surface area contributed by atoms with E-state index in [2.05, 4.69) is 26.1 Å². The molecule has 1 fully saturated rings. The Morgan fingerprint density at radius 3 is 2.53 bits per heavy atom. The van der Waals surface area contributed by atoms with Crippen molar-refractivity contribution in [1.82, 2.24) is 15.1 Å². The number of nitrogens with zero attached hydrogens (tertiary/aromatic N) is 2. The number of hydrogen-bond acceptors (Lipinski definition) is 4. The smallest absolute Gasteiger partial charge is 0.407 e. The summed E-state index contributed by atoms with van der Waals surface area (Å²) in [6.07, 6.45) is 3.08. The first-order chi connectivity index (χ1) is 15.1. The Bertz CT molecular complexity index is 1020. The molecule has 8 heteroatoms. The number of fused-ring (bicyclic) bond motifs is 1. The van der Waals surface area contributed by atoms with Crippen molar-refractivity contribution in [1.29, 1.82) is 0 Å². The molecule has 0 aliphatic carbocycles. The van der Waals surface area contributed by atoms with Crippen LogP contribution in [0.3, 0.4) is 0 Å². The fraction of sp³-hybridized carbons (Fsp3) is 0.500. The number of rotatable bonds is 2. The van der Waals surface area contributed by atoms with Crippen molar-refractivity contribution in [2.24, 2.45) is 5.41 Å². The Hall–Kier alpha value is -3.16. The summed E-state index contributed by atoms with van der Waals surface area (Å²) in [5.74, 6) is -0.918. The highest BCUT2D eigenvalue weighted by atomic mass is 16.4. The van der Waals surface area contributed by atoms with E-state index < -0.39 is 18.0 Å². The summed E-state index contributed by atoms with van der Waals surface area (Å²) in [7, 11) is 0. The van der Waals surface area contributed by atoms with Crippen LogP contribution in [0, 0.1) is 5.41 Å². The highest BCUT2D eigenvalue weighted by molar-refractivity contribution is 6.05. The molecule has 3 aliphatic heterocycles. The van der Waals surface area contributed by atoms with E-state index in [4.69, 9.17) is 0 Å². The van der Waals surface area contributed by atoms with Crippen LogP contribution >= 0.6 is 0 Å². The molecule has 1 aromatic carbocycles. The predicted octanol–water partition coefficient (Wildman–Crippen LogP) is 3.02. The molecular weight excluding hydrogens is 410 g/mol. The van der Waals surface area contributed by atoms with E-state index in [0.717, 1.165) is 29.5 Å². The van der Waals surface area contributed by atoms with Gasteiger partial charge in [-0.2, -0.15) is 0 Å². The molecule has 4 rings (SSSR count). The number of carboxylic acid groups (broad SMARTS) is 1. The van der Waals surface area contributed by atoms with Gasteiger partial charge in [0.2, 0.25) is 11.8 Å². The van der Waals surface area contributed by atoms with E-state index in [-0.39, 0.29) is 29.7 Å². The number of imide groups is 1. The predicted molar refractivity (Wildman–Crippen MR) is 118 cm³/mol. The summed E-state index contributed by atoms with van der Waals surface area (Å²) in [6, 6.07) is 4.95. The lowest BCUT2D eigenvalue weighted by atomic mass is 9.82. The normalized spacial score (nSPS) is 24.1. The van der Waals surface area contributed by atoms with Crippen molar-refractivity contribution in [2.75, 3.05) is 6.54 Å². The summed E-state index contributed by atoms with van der Waals surface area (Å²) in [5, 5.41) is 12.0. The number of benzene rings is 1. The molecule has 1 saturated heterocycles. The van der Waals surface area contributed by atoms with Crippen LogP contribution in [0.2, 0.25) is 0 Å². The average Bonchev–Trinajstić information content (AvgIpc) is 2.88. The number of piperidine rings is 1. The molecule has 2 unspecified atom stereocenters. The topological polar surface area (TPSA) is 107 Å². The van der Waals surface area contributed by atoms with Gasteiger partial charge in [0.1, 0.15) is 6.04 Å². The first-order valence-corrected chi connectivity index (χ1v) is 11.0. The lowest BCUT2D eigenvalue weighted by molar-refractivity contribution is -0.136. The molecule has 170 valence electrons. The van der Waals surface area contributed by atoms with Gasteiger partial charge in [-0.3, -0.25) is 19.7 Å². The SMILES string of the molecule is CC(C)(C)C1CCC(c2ccc3c(c2)CN(C2CCC(=O)NC2=O)C3=O)=CCN1C(=O)O. The Morgan fingerprint density at radius 1 is 1.12 bits per heavy atom. The number of carbonyl (C=O) groups is 4. The second-order valence-electron chi connectivity index (χ2n) is 9.86. The first-order valence-electron chi connectivity index (χ1n) is 11.0. The maximum atomic E-state index is 12.9. The third-order valence-electron chi connectivity index (χ3n) is 6.74. The quantitative estimate of drug-likeness (QED) is 0.689. The van der Waals surface area contributed by atoms with Crippen molar-refractivity contribution in [2.45, 2.75) is 65.1 Å². The Kier molecular flexibility index (Phi) is 5.56. The number of carbonyl (C=O) groups excluding carboxylic acids is 3. The van der Waals surface area contributed by atoms with E-state index in [1.54, 1.807) is 11.0 Å². The summed E-state index contributed by atoms with van der Waals surface area (Å²) in [6.45, 7) is 6.83. The van der Waals surface area contributed by atoms with Crippen LogP contribution < -0.4 is 5.32 Å². The molecule has 0 spiro atoms. The fourth-order valence-corrected chi connectivity index (χ4v) is 5.03. The van der Waals surface area contributed by atoms with Crippen molar-refractivity contribution in [3.63, 3.8) is 0 Å². The number of hydrogen-bond donors (Lipinski definition) is 2. The largest absolute Gasteiger partial charge is 0.465 e. The first kappa shape index (κ1) is 22.0. The lowest BCUT2D eigenvalue weighted by Crippen LogP contribution is -2.52. The van der Waals surface area contributed by atoms with E-state index in [9.17, 15) is 24.3 Å². The molecular formula is C24H29N3O5. The van der Waals surface area contributed by atoms with E-state index in [1.807, 2.05) is 18.2 Å². The van der Waals surface area contributed by atoms with Crippen LogP contribution in [0.4, 0.5) is 4.79 Å². The fourth-order valence-electron chi connectivity index (χ4n) is 5.03. The highest BCUT2D eigenvalue weighted by Gasteiger charge is 2.39. The maximum absolute atomic E-state index is 12.9. The molecule has 4 amide bonds. The summed E-state index contributed by atoms with van der Waals surface area (Å²) < 4.78 is 0. The van der Waals surface area contributed by atoms with Gasteiger partial charge in [0, 0.05) is 31.1 Å². The molecule has 8 nitrogen and oxygen atoms in total. The van der Waals surface area contributed by atoms with Gasteiger partial charge in [-0.05, 0) is 53.5 Å². The van der Waals surface area contributed by atoms with E-state index in [1.165, 1.54) is 4.90 Å². The zero-order chi connectivity index (χ0) is 23.2. The lowest BCUT2D eigenvalue weighted by Gasteiger charge is -2.37. The highest BCUT2D eigenvalue weighted by Crippen LogP contribution is 2.36. The van der Waals surface area contributed by atoms with Gasteiger partial charge in [-0.25, -0.2) is 4.79 Å². The van der Waals surface area contributed by atoms with Gasteiger partial charge in [-0.15, -0.1) is 0 Å². The standard InChI is InChI=1S/C24H29N3O5/c1-24(2,3)19-8-5-14(10-11-26(19)23(31)32)15-4-6-17-16(12-15)13-27(22(17)30)18-7-9-20(28)25-21(18)29/h4,6,10,12,18-19H,5,7-9,11,13H2,1-3H3,(H,31,32)(H,25,28,29).